The van der Waals surface area contributed by atoms with Gasteiger partial charge in [-0.25, -0.2) is 0 Å². The standard InChI is InChI=1S/C20H28N2O3S/c1-3-21-14-20(10-8-18(21)23)9-5-11-22(15-20)19(24)13-26-17-7-4-6-16(12-17)25-2/h4,6-7,12H,3,5,8-11,13-15H2,1-2H3/t20-/m0/s1. The zero-order valence-electron chi connectivity index (χ0n) is 15.7. The van der Waals surface area contributed by atoms with Crippen LogP contribution in [0.25, 0.3) is 0 Å². The molecule has 0 N–H and O–H groups in total. The highest BCUT2D eigenvalue weighted by Crippen LogP contribution is 2.39. The molecule has 2 saturated heterocycles. The normalized spacial score (nSPS) is 23.4. The SMILES string of the molecule is CCN1C[C@]2(CCCN(C(=O)CSc3cccc(OC)c3)C2)CCC1=O. The second-order valence-corrected chi connectivity index (χ2v) is 8.34. The summed E-state index contributed by atoms with van der Waals surface area (Å²) in [6.45, 7) is 5.22. The predicted octanol–water partition coefficient (Wildman–Crippen LogP) is 3.04. The zero-order chi connectivity index (χ0) is 18.6. The van der Waals surface area contributed by atoms with Gasteiger partial charge in [0.25, 0.3) is 0 Å². The number of hydrogen-bond acceptors (Lipinski definition) is 4. The summed E-state index contributed by atoms with van der Waals surface area (Å²) >= 11 is 1.56. The smallest absolute Gasteiger partial charge is 0.232 e. The van der Waals surface area contributed by atoms with Crippen molar-refractivity contribution in [2.24, 2.45) is 5.41 Å². The Kier molecular flexibility index (Phi) is 6.12. The molecule has 2 heterocycles. The lowest BCUT2D eigenvalue weighted by Crippen LogP contribution is -2.55. The van der Waals surface area contributed by atoms with Gasteiger partial charge >= 0.3 is 0 Å². The van der Waals surface area contributed by atoms with E-state index in [1.165, 1.54) is 0 Å². The van der Waals surface area contributed by atoms with Crippen molar-refractivity contribution in [1.82, 2.24) is 9.80 Å². The number of ether oxygens (including phenoxy) is 1. The highest BCUT2D eigenvalue weighted by Gasteiger charge is 2.42. The molecule has 26 heavy (non-hydrogen) atoms. The van der Waals surface area contributed by atoms with Crippen LogP contribution in [0.15, 0.2) is 29.2 Å². The third kappa shape index (κ3) is 4.34. The van der Waals surface area contributed by atoms with Crippen molar-refractivity contribution < 1.29 is 14.3 Å². The number of piperidine rings is 2. The van der Waals surface area contributed by atoms with E-state index in [2.05, 4.69) is 0 Å². The Morgan fingerprint density at radius 1 is 1.31 bits per heavy atom. The Balaban J connectivity index is 1.58. The number of hydrogen-bond donors (Lipinski definition) is 0. The Hall–Kier alpha value is -1.69. The Labute approximate surface area is 160 Å². The van der Waals surface area contributed by atoms with Crippen LogP contribution in [-0.2, 0) is 9.59 Å². The van der Waals surface area contributed by atoms with Gasteiger partial charge in [0.15, 0.2) is 0 Å². The van der Waals surface area contributed by atoms with Gasteiger partial charge in [0.2, 0.25) is 11.8 Å². The molecule has 2 amide bonds. The molecule has 2 aliphatic heterocycles. The van der Waals surface area contributed by atoms with Gasteiger partial charge in [-0.3, -0.25) is 9.59 Å². The molecule has 1 atom stereocenters. The Morgan fingerprint density at radius 2 is 2.15 bits per heavy atom. The maximum absolute atomic E-state index is 12.8. The lowest BCUT2D eigenvalue weighted by atomic mass is 9.73. The first-order valence-corrected chi connectivity index (χ1v) is 10.4. The van der Waals surface area contributed by atoms with Gasteiger partial charge in [0.05, 0.1) is 12.9 Å². The van der Waals surface area contributed by atoms with Crippen molar-refractivity contribution in [2.45, 2.75) is 37.5 Å². The highest BCUT2D eigenvalue weighted by atomic mass is 32.2. The second-order valence-electron chi connectivity index (χ2n) is 7.29. The zero-order valence-corrected chi connectivity index (χ0v) is 16.5. The summed E-state index contributed by atoms with van der Waals surface area (Å²) < 4.78 is 5.24. The highest BCUT2D eigenvalue weighted by molar-refractivity contribution is 8.00. The van der Waals surface area contributed by atoms with E-state index in [1.807, 2.05) is 41.0 Å². The molecule has 1 aromatic rings. The first kappa shape index (κ1) is 19.1. The molecule has 0 radical (unpaired) electrons. The summed E-state index contributed by atoms with van der Waals surface area (Å²) in [7, 11) is 1.65. The number of benzene rings is 1. The quantitative estimate of drug-likeness (QED) is 0.741. The van der Waals surface area contributed by atoms with Crippen molar-refractivity contribution in [3.8, 4) is 5.75 Å². The van der Waals surface area contributed by atoms with Crippen LogP contribution in [0.4, 0.5) is 0 Å². The summed E-state index contributed by atoms with van der Waals surface area (Å²) in [6, 6.07) is 7.82. The predicted molar refractivity (Wildman–Crippen MR) is 103 cm³/mol. The fourth-order valence-corrected chi connectivity index (χ4v) is 4.92. The Morgan fingerprint density at radius 3 is 2.92 bits per heavy atom. The van der Waals surface area contributed by atoms with Gasteiger partial charge < -0.3 is 14.5 Å². The number of amides is 2. The average Bonchev–Trinajstić information content (AvgIpc) is 2.68. The molecule has 0 saturated carbocycles. The minimum absolute atomic E-state index is 0.0957. The molecule has 0 aliphatic carbocycles. The monoisotopic (exact) mass is 376 g/mol. The lowest BCUT2D eigenvalue weighted by molar-refractivity contribution is -0.141. The number of methoxy groups -OCH3 is 1. The lowest BCUT2D eigenvalue weighted by Gasteiger charge is -2.48. The molecule has 2 fully saturated rings. The number of nitrogens with zero attached hydrogens (tertiary/aromatic N) is 2. The molecule has 2 aliphatic rings. The minimum Gasteiger partial charge on any atom is -0.497 e. The van der Waals surface area contributed by atoms with Gasteiger partial charge in [-0.1, -0.05) is 6.07 Å². The minimum atomic E-state index is 0.0957. The number of carbonyl (C=O) groups is 2. The van der Waals surface area contributed by atoms with Crippen LogP contribution < -0.4 is 4.74 Å². The summed E-state index contributed by atoms with van der Waals surface area (Å²) in [5.41, 5.74) is 0.0957. The summed E-state index contributed by atoms with van der Waals surface area (Å²) in [5, 5.41) is 0. The third-order valence-corrected chi connectivity index (χ3v) is 6.53. The Bertz CT molecular complexity index is 666. The fourth-order valence-electron chi connectivity index (χ4n) is 4.07. The third-order valence-electron chi connectivity index (χ3n) is 5.55. The maximum atomic E-state index is 12.8. The fraction of sp³-hybridized carbons (Fsp3) is 0.600. The van der Waals surface area contributed by atoms with Crippen LogP contribution in [0, 0.1) is 5.41 Å². The average molecular weight is 377 g/mol. The van der Waals surface area contributed by atoms with E-state index in [0.29, 0.717) is 12.2 Å². The van der Waals surface area contributed by atoms with Crippen LogP contribution >= 0.6 is 11.8 Å². The molecule has 0 unspecified atom stereocenters. The number of rotatable bonds is 5. The van der Waals surface area contributed by atoms with E-state index < -0.39 is 0 Å². The van der Waals surface area contributed by atoms with Crippen LogP contribution in [0.5, 0.6) is 5.75 Å². The number of likely N-dealkylation sites (tertiary alicyclic amines) is 2. The van der Waals surface area contributed by atoms with Gasteiger partial charge in [-0.05, 0) is 44.4 Å². The summed E-state index contributed by atoms with van der Waals surface area (Å²) in [4.78, 5) is 29.8. The van der Waals surface area contributed by atoms with Crippen LogP contribution in [0.1, 0.15) is 32.6 Å². The van der Waals surface area contributed by atoms with Gasteiger partial charge in [0, 0.05) is 42.9 Å². The van der Waals surface area contributed by atoms with Gasteiger partial charge in [-0.15, -0.1) is 11.8 Å². The van der Waals surface area contributed by atoms with Crippen molar-refractivity contribution in [1.29, 1.82) is 0 Å². The van der Waals surface area contributed by atoms with Crippen molar-refractivity contribution >= 4 is 23.6 Å². The summed E-state index contributed by atoms with van der Waals surface area (Å²) in [5.74, 6) is 1.71. The van der Waals surface area contributed by atoms with E-state index in [1.54, 1.807) is 18.9 Å². The van der Waals surface area contributed by atoms with Gasteiger partial charge in [-0.2, -0.15) is 0 Å². The van der Waals surface area contributed by atoms with Crippen LogP contribution in [-0.4, -0.2) is 60.7 Å². The number of thioether (sulfide) groups is 1. The topological polar surface area (TPSA) is 49.9 Å². The van der Waals surface area contributed by atoms with E-state index in [4.69, 9.17) is 4.74 Å². The van der Waals surface area contributed by atoms with Crippen molar-refractivity contribution in [3.63, 3.8) is 0 Å². The molecule has 0 aromatic heterocycles. The molecule has 142 valence electrons. The van der Waals surface area contributed by atoms with Crippen LogP contribution in [0.2, 0.25) is 0 Å². The van der Waals surface area contributed by atoms with Gasteiger partial charge in [0.1, 0.15) is 5.75 Å². The van der Waals surface area contributed by atoms with E-state index >= 15 is 0 Å². The number of carbonyl (C=O) groups excluding carboxylic acids is 2. The molecule has 1 spiro atoms. The molecule has 5 nitrogen and oxygen atoms in total. The molecule has 3 rings (SSSR count). The maximum Gasteiger partial charge on any atom is 0.232 e. The molecule has 1 aromatic carbocycles. The molecule has 0 bridgehead atoms. The first-order chi connectivity index (χ1) is 12.5. The van der Waals surface area contributed by atoms with E-state index in [-0.39, 0.29) is 17.2 Å². The molecular weight excluding hydrogens is 348 g/mol. The largest absolute Gasteiger partial charge is 0.497 e. The van der Waals surface area contributed by atoms with Crippen molar-refractivity contribution in [3.05, 3.63) is 24.3 Å². The first-order valence-electron chi connectivity index (χ1n) is 9.38. The van der Waals surface area contributed by atoms with Crippen LogP contribution in [0.3, 0.4) is 0 Å². The molecule has 6 heteroatoms. The van der Waals surface area contributed by atoms with Crippen molar-refractivity contribution in [2.75, 3.05) is 39.0 Å². The second kappa shape index (κ2) is 8.33. The van der Waals surface area contributed by atoms with E-state index in [0.717, 1.165) is 56.1 Å². The van der Waals surface area contributed by atoms with E-state index in [9.17, 15) is 9.59 Å². The molecular formula is C20H28N2O3S. The summed E-state index contributed by atoms with van der Waals surface area (Å²) in [6.07, 6.45) is 3.68.